The Labute approximate surface area is 90.1 Å². The van der Waals surface area contributed by atoms with Crippen LogP contribution >= 0.6 is 12.2 Å². The third-order valence-corrected chi connectivity index (χ3v) is 2.36. The van der Waals surface area contributed by atoms with Crippen LogP contribution in [-0.2, 0) is 0 Å². The summed E-state index contributed by atoms with van der Waals surface area (Å²) < 4.78 is 0. The Bertz CT molecular complexity index is 319. The molecule has 0 bridgehead atoms. The lowest BCUT2D eigenvalue weighted by molar-refractivity contribution is 0.397. The number of nitrogens with two attached hydrogens (primary N) is 1. The van der Waals surface area contributed by atoms with Crippen molar-refractivity contribution in [2.75, 3.05) is 26.2 Å². The monoisotopic (exact) mass is 209 g/mol. The molecule has 0 fully saturated rings. The second-order valence-electron chi connectivity index (χ2n) is 3.28. The van der Waals surface area contributed by atoms with Crippen molar-refractivity contribution in [3.05, 3.63) is 29.8 Å². The normalized spacial score (nSPS) is 10.3. The Morgan fingerprint density at radius 2 is 1.64 bits per heavy atom. The Kier molecular flexibility index (Phi) is 3.43. The summed E-state index contributed by atoms with van der Waals surface area (Å²) >= 11 is 4.88. The van der Waals surface area contributed by atoms with E-state index in [1.54, 1.807) is 0 Å². The van der Waals surface area contributed by atoms with Gasteiger partial charge in [-0.05, 0) is 24.3 Å². The average molecular weight is 209 g/mol. The highest BCUT2D eigenvalue weighted by Crippen LogP contribution is 2.14. The first-order chi connectivity index (χ1) is 6.52. The summed E-state index contributed by atoms with van der Waals surface area (Å²) in [5, 5.41) is 4.03. The summed E-state index contributed by atoms with van der Waals surface area (Å²) in [6.07, 6.45) is 0. The Hall–Kier alpha value is -1.13. The number of hydrogen-bond acceptors (Lipinski definition) is 3. The molecule has 0 heterocycles. The SMILES string of the molecule is CN(C)N(C)c1ccc(C(N)=S)cc1. The molecule has 1 aromatic rings. The van der Waals surface area contributed by atoms with Gasteiger partial charge in [0.2, 0.25) is 0 Å². The highest BCUT2D eigenvalue weighted by atomic mass is 32.1. The molecule has 0 aliphatic rings. The third-order valence-electron chi connectivity index (χ3n) is 2.13. The molecule has 0 aromatic heterocycles. The zero-order valence-corrected chi connectivity index (χ0v) is 9.51. The molecule has 0 unspecified atom stereocenters. The fourth-order valence-corrected chi connectivity index (χ4v) is 1.21. The minimum atomic E-state index is 0.434. The number of hydrogen-bond donors (Lipinski definition) is 1. The van der Waals surface area contributed by atoms with Crippen LogP contribution in [0.15, 0.2) is 24.3 Å². The standard InChI is InChI=1S/C10H15N3S/c1-12(2)13(3)9-6-4-8(5-7-9)10(11)14/h4-7H,1-3H3,(H2,11,14). The molecule has 2 N–H and O–H groups in total. The van der Waals surface area contributed by atoms with Gasteiger partial charge < -0.3 is 10.7 Å². The largest absolute Gasteiger partial charge is 0.389 e. The second kappa shape index (κ2) is 4.39. The molecule has 0 atom stereocenters. The molecule has 1 aromatic carbocycles. The molecule has 3 nitrogen and oxygen atoms in total. The molecule has 0 spiro atoms. The van der Waals surface area contributed by atoms with E-state index in [9.17, 15) is 0 Å². The van der Waals surface area contributed by atoms with Crippen LogP contribution < -0.4 is 10.7 Å². The summed E-state index contributed by atoms with van der Waals surface area (Å²) in [4.78, 5) is 0.434. The fourth-order valence-electron chi connectivity index (χ4n) is 1.07. The highest BCUT2D eigenvalue weighted by Gasteiger charge is 2.02. The predicted octanol–water partition coefficient (Wildman–Crippen LogP) is 1.23. The third kappa shape index (κ3) is 2.43. The Morgan fingerprint density at radius 1 is 1.14 bits per heavy atom. The maximum atomic E-state index is 5.51. The molecule has 0 saturated heterocycles. The summed E-state index contributed by atoms with van der Waals surface area (Å²) in [5.74, 6) is 0. The van der Waals surface area contributed by atoms with E-state index >= 15 is 0 Å². The topological polar surface area (TPSA) is 32.5 Å². The number of thiocarbonyl (C=S) groups is 1. The van der Waals surface area contributed by atoms with Crippen LogP contribution in [0, 0.1) is 0 Å². The van der Waals surface area contributed by atoms with Crippen molar-refractivity contribution >= 4 is 22.9 Å². The lowest BCUT2D eigenvalue weighted by Crippen LogP contribution is -2.32. The zero-order chi connectivity index (χ0) is 10.7. The van der Waals surface area contributed by atoms with E-state index in [1.165, 1.54) is 0 Å². The first-order valence-electron chi connectivity index (χ1n) is 4.33. The molecule has 14 heavy (non-hydrogen) atoms. The summed E-state index contributed by atoms with van der Waals surface area (Å²) in [6, 6.07) is 7.85. The van der Waals surface area contributed by atoms with Crippen LogP contribution in [0.3, 0.4) is 0 Å². The maximum Gasteiger partial charge on any atom is 0.103 e. The zero-order valence-electron chi connectivity index (χ0n) is 8.69. The van der Waals surface area contributed by atoms with Crippen LogP contribution in [0.1, 0.15) is 5.56 Å². The van der Waals surface area contributed by atoms with Gasteiger partial charge in [0.1, 0.15) is 4.99 Å². The van der Waals surface area contributed by atoms with Crippen molar-refractivity contribution in [3.8, 4) is 0 Å². The van der Waals surface area contributed by atoms with Crippen molar-refractivity contribution in [1.29, 1.82) is 0 Å². The number of rotatable bonds is 3. The smallest absolute Gasteiger partial charge is 0.103 e. The fraction of sp³-hybridized carbons (Fsp3) is 0.300. The predicted molar refractivity (Wildman–Crippen MR) is 64.4 cm³/mol. The van der Waals surface area contributed by atoms with Crippen LogP contribution in [0.25, 0.3) is 0 Å². The van der Waals surface area contributed by atoms with Gasteiger partial charge in [0.05, 0.1) is 5.69 Å². The first kappa shape index (κ1) is 10.9. The van der Waals surface area contributed by atoms with E-state index in [-0.39, 0.29) is 0 Å². The van der Waals surface area contributed by atoms with Gasteiger partial charge in [-0.2, -0.15) is 0 Å². The van der Waals surface area contributed by atoms with Crippen molar-refractivity contribution in [2.24, 2.45) is 5.73 Å². The summed E-state index contributed by atoms with van der Waals surface area (Å²) in [7, 11) is 5.97. The van der Waals surface area contributed by atoms with Crippen LogP contribution in [0.5, 0.6) is 0 Å². The van der Waals surface area contributed by atoms with Gasteiger partial charge in [-0.3, -0.25) is 0 Å². The molecule has 0 saturated carbocycles. The quantitative estimate of drug-likeness (QED) is 0.599. The minimum absolute atomic E-state index is 0.434. The van der Waals surface area contributed by atoms with Gasteiger partial charge in [-0.15, -0.1) is 0 Å². The van der Waals surface area contributed by atoms with Gasteiger partial charge in [-0.1, -0.05) is 12.2 Å². The lowest BCUT2D eigenvalue weighted by Gasteiger charge is -2.26. The average Bonchev–Trinajstić information content (AvgIpc) is 2.16. The van der Waals surface area contributed by atoms with Crippen molar-refractivity contribution < 1.29 is 0 Å². The number of anilines is 1. The van der Waals surface area contributed by atoms with Gasteiger partial charge >= 0.3 is 0 Å². The van der Waals surface area contributed by atoms with Crippen molar-refractivity contribution in [1.82, 2.24) is 5.01 Å². The molecular formula is C10H15N3S. The van der Waals surface area contributed by atoms with Gasteiger partial charge in [0.15, 0.2) is 0 Å². The van der Waals surface area contributed by atoms with Gasteiger partial charge in [-0.25, -0.2) is 5.01 Å². The first-order valence-corrected chi connectivity index (χ1v) is 4.74. The Morgan fingerprint density at radius 3 is 2.00 bits per heavy atom. The lowest BCUT2D eigenvalue weighted by atomic mass is 10.2. The number of nitrogens with zero attached hydrogens (tertiary/aromatic N) is 2. The minimum Gasteiger partial charge on any atom is -0.389 e. The van der Waals surface area contributed by atoms with E-state index in [4.69, 9.17) is 18.0 Å². The van der Waals surface area contributed by atoms with E-state index < -0.39 is 0 Å². The molecular weight excluding hydrogens is 194 g/mol. The number of hydrazine groups is 1. The van der Waals surface area contributed by atoms with E-state index in [2.05, 4.69) is 0 Å². The summed E-state index contributed by atoms with van der Waals surface area (Å²) in [6.45, 7) is 0. The van der Waals surface area contributed by atoms with Gasteiger partial charge in [0.25, 0.3) is 0 Å². The van der Waals surface area contributed by atoms with Crippen LogP contribution in [0.2, 0.25) is 0 Å². The number of benzene rings is 1. The molecule has 4 heteroatoms. The van der Waals surface area contributed by atoms with Crippen molar-refractivity contribution in [3.63, 3.8) is 0 Å². The Balaban J connectivity index is 2.88. The second-order valence-corrected chi connectivity index (χ2v) is 3.72. The van der Waals surface area contributed by atoms with E-state index in [0.29, 0.717) is 4.99 Å². The van der Waals surface area contributed by atoms with Crippen molar-refractivity contribution in [2.45, 2.75) is 0 Å². The molecule has 0 radical (unpaired) electrons. The molecule has 76 valence electrons. The summed E-state index contributed by atoms with van der Waals surface area (Å²) in [5.41, 5.74) is 7.51. The molecule has 0 aliphatic heterocycles. The molecule has 0 amide bonds. The van der Waals surface area contributed by atoms with Crippen LogP contribution in [-0.4, -0.2) is 31.1 Å². The van der Waals surface area contributed by atoms with Crippen LogP contribution in [0.4, 0.5) is 5.69 Å². The highest BCUT2D eigenvalue weighted by molar-refractivity contribution is 7.80. The van der Waals surface area contributed by atoms with E-state index in [0.717, 1.165) is 11.3 Å². The van der Waals surface area contributed by atoms with Gasteiger partial charge in [0, 0.05) is 26.7 Å². The van der Waals surface area contributed by atoms with E-state index in [1.807, 2.05) is 55.4 Å². The molecule has 0 aliphatic carbocycles. The maximum absolute atomic E-state index is 5.51. The molecule has 1 rings (SSSR count).